The van der Waals surface area contributed by atoms with Gasteiger partial charge in [-0.05, 0) is 63.9 Å². The number of nitrogens with one attached hydrogen (secondary N) is 1. The van der Waals surface area contributed by atoms with Crippen molar-refractivity contribution in [3.63, 3.8) is 0 Å². The monoisotopic (exact) mass is 449 g/mol. The van der Waals surface area contributed by atoms with Crippen LogP contribution >= 0.6 is 0 Å². The Balaban J connectivity index is 0.000000674. The number of aliphatic carboxylic acids is 1. The second kappa shape index (κ2) is 15.8. The summed E-state index contributed by atoms with van der Waals surface area (Å²) in [4.78, 5) is 17.2. The van der Waals surface area contributed by atoms with Gasteiger partial charge in [-0.15, -0.1) is 0 Å². The number of aliphatic imine (C=N–C) groups is 1. The predicted molar refractivity (Wildman–Crippen MR) is 136 cm³/mol. The number of carboxylic acid groups (broad SMARTS) is 1. The first kappa shape index (κ1) is 30.1. The van der Waals surface area contributed by atoms with Crippen molar-refractivity contribution in [1.29, 1.82) is 0 Å². The number of hydrogen-bond acceptors (Lipinski definition) is 5. The number of allylic oxidation sites excluding steroid dienone is 4. The third kappa shape index (κ3) is 8.91. The number of nitrogens with zero attached hydrogens (tertiary/aromatic N) is 2. The van der Waals surface area contributed by atoms with Gasteiger partial charge >= 0.3 is 5.97 Å². The van der Waals surface area contributed by atoms with Crippen LogP contribution in [-0.4, -0.2) is 60.1 Å². The Morgan fingerprint density at radius 1 is 1.16 bits per heavy atom. The fourth-order valence-corrected chi connectivity index (χ4v) is 4.29. The summed E-state index contributed by atoms with van der Waals surface area (Å²) in [7, 11) is 1.00. The highest BCUT2D eigenvalue weighted by Gasteiger charge is 2.32. The first-order valence-corrected chi connectivity index (χ1v) is 11.6. The SMILES string of the molecule is C.C=CN=C(C)C(/C(=C\C)C1CC1)=C(\C)N1CCNCC1.CCC1CC(C(=O)O)C1.CO. The maximum Gasteiger partial charge on any atom is 0.306 e. The molecule has 0 atom stereocenters. The molecule has 0 aromatic carbocycles. The molecule has 3 rings (SSSR count). The smallest absolute Gasteiger partial charge is 0.306 e. The van der Waals surface area contributed by atoms with E-state index < -0.39 is 5.97 Å². The average molecular weight is 450 g/mol. The predicted octanol–water partition coefficient (Wildman–Crippen LogP) is 4.88. The largest absolute Gasteiger partial charge is 0.481 e. The van der Waals surface area contributed by atoms with E-state index >= 15 is 0 Å². The van der Waals surface area contributed by atoms with Crippen LogP contribution in [0.5, 0.6) is 0 Å². The second-order valence-corrected chi connectivity index (χ2v) is 8.39. The van der Waals surface area contributed by atoms with E-state index in [-0.39, 0.29) is 13.3 Å². The molecular formula is C26H47N3O3. The molecule has 3 fully saturated rings. The molecule has 0 amide bonds. The van der Waals surface area contributed by atoms with E-state index in [1.807, 2.05) is 0 Å². The molecular weight excluding hydrogens is 402 g/mol. The van der Waals surface area contributed by atoms with Gasteiger partial charge in [0.15, 0.2) is 0 Å². The van der Waals surface area contributed by atoms with Gasteiger partial charge in [-0.3, -0.25) is 9.79 Å². The van der Waals surface area contributed by atoms with Crippen LogP contribution in [0.25, 0.3) is 0 Å². The molecule has 6 heteroatoms. The van der Waals surface area contributed by atoms with E-state index in [0.717, 1.165) is 64.2 Å². The standard InChI is InChI=1S/C17H27N3.C7H12O2.CH4O.CH4/c1-5-16(15-7-8-15)17(13(3)19-6-2)14(4)20-11-9-18-10-12-20;1-2-5-3-6(4-5)7(8)9;1-2;/h5-6,15,18H,2,7-12H2,1,3-4H3;5-6H,2-4H2,1H3,(H,8,9);2H,1H3;1H4/b16-5-,17-14-,19-13?;;;. The van der Waals surface area contributed by atoms with Crippen molar-refractivity contribution in [3.05, 3.63) is 35.7 Å². The lowest BCUT2D eigenvalue weighted by molar-refractivity contribution is -0.146. The summed E-state index contributed by atoms with van der Waals surface area (Å²) in [6.45, 7) is 16.7. The van der Waals surface area contributed by atoms with Gasteiger partial charge in [0.05, 0.1) is 5.92 Å². The highest BCUT2D eigenvalue weighted by Crippen LogP contribution is 2.41. The lowest BCUT2D eigenvalue weighted by Gasteiger charge is -2.32. The summed E-state index contributed by atoms with van der Waals surface area (Å²) in [5.41, 5.74) is 5.28. The van der Waals surface area contributed by atoms with Crippen LogP contribution in [0.3, 0.4) is 0 Å². The summed E-state index contributed by atoms with van der Waals surface area (Å²) in [5.74, 6) is 0.809. The van der Waals surface area contributed by atoms with Crippen LogP contribution in [0, 0.1) is 17.8 Å². The van der Waals surface area contributed by atoms with Gasteiger partial charge in [0.1, 0.15) is 0 Å². The van der Waals surface area contributed by atoms with Gasteiger partial charge in [0.2, 0.25) is 0 Å². The van der Waals surface area contributed by atoms with Gasteiger partial charge in [-0.1, -0.05) is 33.4 Å². The maximum atomic E-state index is 10.2. The molecule has 2 aliphatic carbocycles. The summed E-state index contributed by atoms with van der Waals surface area (Å²) in [5, 5.41) is 18.9. The molecule has 6 nitrogen and oxygen atoms in total. The summed E-state index contributed by atoms with van der Waals surface area (Å²) >= 11 is 0. The number of carbonyl (C=O) groups is 1. The molecule has 32 heavy (non-hydrogen) atoms. The van der Waals surface area contributed by atoms with Crippen molar-refractivity contribution in [3.8, 4) is 0 Å². The lowest BCUT2D eigenvalue weighted by Crippen LogP contribution is -2.43. The number of carboxylic acids is 1. The Hall–Kier alpha value is -1.92. The molecule has 184 valence electrons. The van der Waals surface area contributed by atoms with Crippen LogP contribution in [0.4, 0.5) is 0 Å². The number of aliphatic hydroxyl groups excluding tert-OH is 1. The van der Waals surface area contributed by atoms with Gasteiger partial charge in [-0.25, -0.2) is 0 Å². The normalized spacial score (nSPS) is 23.8. The Kier molecular flexibility index (Phi) is 14.9. The van der Waals surface area contributed by atoms with Gasteiger partial charge in [0.25, 0.3) is 0 Å². The van der Waals surface area contributed by atoms with Crippen LogP contribution in [-0.2, 0) is 4.79 Å². The lowest BCUT2D eigenvalue weighted by atomic mass is 9.74. The Bertz CT molecular complexity index is 666. The van der Waals surface area contributed by atoms with Crippen LogP contribution < -0.4 is 5.32 Å². The Morgan fingerprint density at radius 3 is 2.12 bits per heavy atom. The first-order valence-electron chi connectivity index (χ1n) is 11.6. The van der Waals surface area contributed by atoms with Gasteiger partial charge in [0, 0.05) is 56.5 Å². The minimum Gasteiger partial charge on any atom is -0.481 e. The van der Waals surface area contributed by atoms with Crippen LogP contribution in [0.2, 0.25) is 0 Å². The zero-order valence-corrected chi connectivity index (χ0v) is 20.2. The minimum absolute atomic E-state index is 0. The molecule has 1 saturated heterocycles. The molecule has 0 aromatic rings. The second-order valence-electron chi connectivity index (χ2n) is 8.39. The minimum atomic E-state index is -0.611. The van der Waals surface area contributed by atoms with Crippen LogP contribution in [0.15, 0.2) is 40.7 Å². The van der Waals surface area contributed by atoms with Crippen molar-refractivity contribution >= 4 is 11.7 Å². The fraction of sp³-hybridized carbons (Fsp3) is 0.692. The van der Waals surface area contributed by atoms with Crippen molar-refractivity contribution < 1.29 is 15.0 Å². The Labute approximate surface area is 196 Å². The van der Waals surface area contributed by atoms with Gasteiger partial charge in [-0.2, -0.15) is 0 Å². The van der Waals surface area contributed by atoms with Crippen molar-refractivity contribution in [2.24, 2.45) is 22.7 Å². The zero-order chi connectivity index (χ0) is 23.4. The number of hydrogen-bond donors (Lipinski definition) is 3. The highest BCUT2D eigenvalue weighted by atomic mass is 16.4. The molecule has 0 spiro atoms. The molecule has 2 saturated carbocycles. The molecule has 0 unspecified atom stereocenters. The van der Waals surface area contributed by atoms with E-state index in [1.165, 1.54) is 29.7 Å². The average Bonchev–Trinajstić information content (AvgIpc) is 3.58. The molecule has 0 radical (unpaired) electrons. The molecule has 3 aliphatic rings. The zero-order valence-electron chi connectivity index (χ0n) is 20.2. The summed E-state index contributed by atoms with van der Waals surface area (Å²) < 4.78 is 0. The fourth-order valence-electron chi connectivity index (χ4n) is 4.29. The van der Waals surface area contributed by atoms with E-state index in [1.54, 1.807) is 6.20 Å². The number of aliphatic hydroxyl groups is 1. The third-order valence-corrected chi connectivity index (χ3v) is 6.38. The van der Waals surface area contributed by atoms with Crippen molar-refractivity contribution in [2.45, 2.75) is 67.2 Å². The molecule has 3 N–H and O–H groups in total. The maximum absolute atomic E-state index is 10.2. The van der Waals surface area contributed by atoms with Crippen LogP contribution in [0.1, 0.15) is 67.2 Å². The van der Waals surface area contributed by atoms with Crippen molar-refractivity contribution in [1.82, 2.24) is 10.2 Å². The van der Waals surface area contributed by atoms with E-state index in [4.69, 9.17) is 10.2 Å². The molecule has 0 aromatic heterocycles. The molecule has 0 bridgehead atoms. The van der Waals surface area contributed by atoms with E-state index in [9.17, 15) is 4.79 Å². The summed E-state index contributed by atoms with van der Waals surface area (Å²) in [6.07, 6.45) is 9.53. The summed E-state index contributed by atoms with van der Waals surface area (Å²) in [6, 6.07) is 0. The van der Waals surface area contributed by atoms with Gasteiger partial charge < -0.3 is 20.4 Å². The van der Waals surface area contributed by atoms with E-state index in [2.05, 4.69) is 55.6 Å². The third-order valence-electron chi connectivity index (χ3n) is 6.38. The van der Waals surface area contributed by atoms with E-state index in [0.29, 0.717) is 5.92 Å². The molecule has 1 heterocycles. The number of piperazine rings is 1. The first-order chi connectivity index (χ1) is 14.9. The molecule has 1 aliphatic heterocycles. The topological polar surface area (TPSA) is 85.2 Å². The van der Waals surface area contributed by atoms with Crippen molar-refractivity contribution in [2.75, 3.05) is 33.3 Å². The quantitative estimate of drug-likeness (QED) is 0.381. The Morgan fingerprint density at radius 2 is 1.72 bits per heavy atom. The highest BCUT2D eigenvalue weighted by molar-refractivity contribution is 6.03. The number of rotatable bonds is 7.